The predicted octanol–water partition coefficient (Wildman–Crippen LogP) is 4.41. The largest absolute Gasteiger partial charge is 0.462 e. The van der Waals surface area contributed by atoms with E-state index in [1.807, 2.05) is 18.2 Å². The minimum atomic E-state index is -2.38. The third kappa shape index (κ3) is 2.74. The van der Waals surface area contributed by atoms with Gasteiger partial charge in [0.1, 0.15) is 12.9 Å². The smallest absolute Gasteiger partial charge is 0.353 e. The van der Waals surface area contributed by atoms with Crippen molar-refractivity contribution in [3.8, 4) is 11.1 Å². The Morgan fingerprint density at radius 1 is 0.889 bits per heavy atom. The summed E-state index contributed by atoms with van der Waals surface area (Å²) in [4.78, 5) is 24.3. The van der Waals surface area contributed by atoms with E-state index in [4.69, 9.17) is 4.74 Å². The fourth-order valence-electron chi connectivity index (χ4n) is 3.58. The average Bonchev–Trinajstić information content (AvgIpc) is 3.00. The zero-order valence-electron chi connectivity index (χ0n) is 14.5. The SMILES string of the molecule is O=CC(COC(=O)C1(F)c2ccccc2-c2ccccc21)c1ccccc1. The molecule has 3 aromatic carbocycles. The number of carbonyl (C=O) groups excluding carboxylic acids is 2. The lowest BCUT2D eigenvalue weighted by Crippen LogP contribution is -2.33. The molecule has 0 saturated carbocycles. The number of hydrogen-bond acceptors (Lipinski definition) is 3. The van der Waals surface area contributed by atoms with Crippen LogP contribution in [-0.4, -0.2) is 18.9 Å². The van der Waals surface area contributed by atoms with Crippen LogP contribution in [-0.2, 0) is 20.0 Å². The van der Waals surface area contributed by atoms with E-state index in [1.165, 1.54) is 0 Å². The molecule has 3 nitrogen and oxygen atoms in total. The van der Waals surface area contributed by atoms with Gasteiger partial charge in [-0.05, 0) is 16.7 Å². The molecule has 0 spiro atoms. The Morgan fingerprint density at radius 2 is 1.41 bits per heavy atom. The summed E-state index contributed by atoms with van der Waals surface area (Å²) in [6.07, 6.45) is 0.712. The van der Waals surface area contributed by atoms with E-state index in [0.717, 1.165) is 5.56 Å². The summed E-state index contributed by atoms with van der Waals surface area (Å²) in [6.45, 7) is -0.206. The van der Waals surface area contributed by atoms with Crippen LogP contribution in [0.4, 0.5) is 4.39 Å². The summed E-state index contributed by atoms with van der Waals surface area (Å²) in [7, 11) is 0. The topological polar surface area (TPSA) is 43.4 Å². The van der Waals surface area contributed by atoms with Gasteiger partial charge in [-0.25, -0.2) is 9.18 Å². The summed E-state index contributed by atoms with van der Waals surface area (Å²) in [5.74, 6) is -1.63. The van der Waals surface area contributed by atoms with Gasteiger partial charge in [-0.15, -0.1) is 0 Å². The fraction of sp³-hybridized carbons (Fsp3) is 0.130. The number of carbonyl (C=O) groups is 2. The molecule has 0 fully saturated rings. The Balaban J connectivity index is 1.64. The first-order valence-corrected chi connectivity index (χ1v) is 8.72. The predicted molar refractivity (Wildman–Crippen MR) is 100.0 cm³/mol. The summed E-state index contributed by atoms with van der Waals surface area (Å²) in [5.41, 5.74) is 0.264. The molecule has 0 amide bonds. The number of hydrogen-bond donors (Lipinski definition) is 0. The lowest BCUT2D eigenvalue weighted by Gasteiger charge is -2.22. The van der Waals surface area contributed by atoms with Crippen molar-refractivity contribution in [3.05, 3.63) is 95.6 Å². The molecule has 0 N–H and O–H groups in total. The first-order chi connectivity index (χ1) is 13.2. The van der Waals surface area contributed by atoms with E-state index in [1.54, 1.807) is 60.7 Å². The van der Waals surface area contributed by atoms with E-state index >= 15 is 4.39 Å². The molecule has 1 unspecified atom stereocenters. The lowest BCUT2D eigenvalue weighted by atomic mass is 9.93. The number of esters is 1. The molecule has 134 valence electrons. The molecular weight excluding hydrogens is 343 g/mol. The van der Waals surface area contributed by atoms with Crippen LogP contribution < -0.4 is 0 Å². The van der Waals surface area contributed by atoms with Crippen LogP contribution in [0.15, 0.2) is 78.9 Å². The van der Waals surface area contributed by atoms with Crippen molar-refractivity contribution in [1.29, 1.82) is 0 Å². The van der Waals surface area contributed by atoms with Gasteiger partial charge in [0.05, 0.1) is 5.92 Å². The van der Waals surface area contributed by atoms with Crippen molar-refractivity contribution in [2.75, 3.05) is 6.61 Å². The number of alkyl halides is 1. The minimum absolute atomic E-state index is 0.206. The van der Waals surface area contributed by atoms with Crippen LogP contribution in [0.25, 0.3) is 11.1 Å². The zero-order chi connectivity index (χ0) is 18.9. The molecule has 0 aliphatic heterocycles. The van der Waals surface area contributed by atoms with Gasteiger partial charge in [0, 0.05) is 11.1 Å². The van der Waals surface area contributed by atoms with Crippen molar-refractivity contribution in [3.63, 3.8) is 0 Å². The molecule has 0 saturated heterocycles. The maximum atomic E-state index is 16.1. The number of aldehydes is 1. The normalized spacial score (nSPS) is 14.7. The Morgan fingerprint density at radius 3 is 1.96 bits per heavy atom. The van der Waals surface area contributed by atoms with Crippen LogP contribution >= 0.6 is 0 Å². The van der Waals surface area contributed by atoms with Crippen molar-refractivity contribution in [2.24, 2.45) is 0 Å². The summed E-state index contributed by atoms with van der Waals surface area (Å²) >= 11 is 0. The highest BCUT2D eigenvalue weighted by molar-refractivity contribution is 5.96. The number of benzene rings is 3. The molecule has 0 bridgehead atoms. The number of halogens is 1. The second kappa shape index (κ2) is 6.80. The number of rotatable bonds is 5. The van der Waals surface area contributed by atoms with E-state index in [0.29, 0.717) is 17.4 Å². The van der Waals surface area contributed by atoms with Crippen LogP contribution in [0.1, 0.15) is 22.6 Å². The molecule has 4 heteroatoms. The molecular formula is C23H17FO3. The molecule has 0 heterocycles. The lowest BCUT2D eigenvalue weighted by molar-refractivity contribution is -0.156. The van der Waals surface area contributed by atoms with Crippen molar-refractivity contribution in [1.82, 2.24) is 0 Å². The maximum absolute atomic E-state index is 16.1. The fourth-order valence-corrected chi connectivity index (χ4v) is 3.58. The minimum Gasteiger partial charge on any atom is -0.462 e. The van der Waals surface area contributed by atoms with Gasteiger partial charge >= 0.3 is 5.97 Å². The Kier molecular flexibility index (Phi) is 4.32. The summed E-state index contributed by atoms with van der Waals surface area (Å²) in [6, 6.07) is 22.8. The number of fused-ring (bicyclic) bond motifs is 3. The molecule has 1 aliphatic rings. The second-order valence-corrected chi connectivity index (χ2v) is 6.50. The maximum Gasteiger partial charge on any atom is 0.353 e. The standard InChI is InChI=1S/C23H17FO3/c24-23(22(26)27-15-17(14-25)16-8-2-1-3-9-16)20-12-6-4-10-18(20)19-11-5-7-13-21(19)23/h1-14,17H,15H2. The summed E-state index contributed by atoms with van der Waals surface area (Å²) < 4.78 is 21.4. The Hall–Kier alpha value is -3.27. The Labute approximate surface area is 156 Å². The zero-order valence-corrected chi connectivity index (χ0v) is 14.5. The number of ether oxygens (including phenoxy) is 1. The van der Waals surface area contributed by atoms with Gasteiger partial charge in [0.15, 0.2) is 0 Å². The van der Waals surface area contributed by atoms with Crippen LogP contribution in [0.3, 0.4) is 0 Å². The highest BCUT2D eigenvalue weighted by atomic mass is 19.1. The molecule has 0 aromatic heterocycles. The van der Waals surface area contributed by atoms with E-state index in [2.05, 4.69) is 0 Å². The molecule has 1 aliphatic carbocycles. The quantitative estimate of drug-likeness (QED) is 0.500. The molecule has 0 radical (unpaired) electrons. The van der Waals surface area contributed by atoms with Gasteiger partial charge in [0.25, 0.3) is 5.67 Å². The van der Waals surface area contributed by atoms with E-state index in [9.17, 15) is 9.59 Å². The molecule has 4 rings (SSSR count). The third-order valence-corrected chi connectivity index (χ3v) is 4.95. The highest BCUT2D eigenvalue weighted by Crippen LogP contribution is 2.50. The van der Waals surface area contributed by atoms with Crippen LogP contribution in [0, 0.1) is 0 Å². The van der Waals surface area contributed by atoms with Gasteiger partial charge in [-0.3, -0.25) is 0 Å². The molecule has 27 heavy (non-hydrogen) atoms. The first kappa shape index (κ1) is 17.2. The van der Waals surface area contributed by atoms with E-state index in [-0.39, 0.29) is 17.7 Å². The van der Waals surface area contributed by atoms with Gasteiger partial charge < -0.3 is 9.53 Å². The van der Waals surface area contributed by atoms with Gasteiger partial charge in [0.2, 0.25) is 0 Å². The summed E-state index contributed by atoms with van der Waals surface area (Å²) in [5, 5.41) is 0. The highest BCUT2D eigenvalue weighted by Gasteiger charge is 2.51. The average molecular weight is 360 g/mol. The first-order valence-electron chi connectivity index (χ1n) is 8.72. The monoisotopic (exact) mass is 360 g/mol. The van der Waals surface area contributed by atoms with Crippen LogP contribution in [0.5, 0.6) is 0 Å². The second-order valence-electron chi connectivity index (χ2n) is 6.50. The third-order valence-electron chi connectivity index (χ3n) is 4.95. The van der Waals surface area contributed by atoms with Crippen molar-refractivity contribution in [2.45, 2.75) is 11.6 Å². The van der Waals surface area contributed by atoms with Gasteiger partial charge in [-0.2, -0.15) is 0 Å². The van der Waals surface area contributed by atoms with Crippen LogP contribution in [0.2, 0.25) is 0 Å². The van der Waals surface area contributed by atoms with Crippen molar-refractivity contribution >= 4 is 12.3 Å². The molecule has 3 aromatic rings. The van der Waals surface area contributed by atoms with E-state index < -0.39 is 17.6 Å². The van der Waals surface area contributed by atoms with Gasteiger partial charge in [-0.1, -0.05) is 78.9 Å². The molecule has 1 atom stereocenters. The van der Waals surface area contributed by atoms with Crippen molar-refractivity contribution < 1.29 is 18.7 Å². The Bertz CT molecular complexity index is 952.